The molecule has 4 aromatic carbocycles. The van der Waals surface area contributed by atoms with Gasteiger partial charge in [-0.25, -0.2) is 4.39 Å². The van der Waals surface area contributed by atoms with Gasteiger partial charge >= 0.3 is 6.18 Å². The molecule has 2 heterocycles. The number of halogens is 4. The minimum Gasteiger partial charge on any atom is -0.335 e. The Morgan fingerprint density at radius 3 is 1.90 bits per heavy atom. The predicted octanol–water partition coefficient (Wildman–Crippen LogP) is 5.49. The van der Waals surface area contributed by atoms with E-state index in [1.54, 1.807) is 4.90 Å². The lowest BCUT2D eigenvalue weighted by Crippen LogP contribution is -2.50. The number of nitriles is 1. The number of hydrogen-bond acceptors (Lipinski definition) is 5. The van der Waals surface area contributed by atoms with Gasteiger partial charge in [0, 0.05) is 26.2 Å². The Labute approximate surface area is 277 Å². The van der Waals surface area contributed by atoms with E-state index in [1.807, 2.05) is 42.5 Å². The SMILES string of the molecule is N#CC(C(=O)N1CCN(C(c2ccccc2)c2ccccc2)CC1)=c1sc(=Cc2ccc(C(F)(F)F)cc2)c(=O)n1-c1ccc(F)cc1. The molecular formula is C37H28F4N4O2S. The van der Waals surface area contributed by atoms with Gasteiger partial charge in [-0.2, -0.15) is 18.4 Å². The molecule has 0 unspecified atom stereocenters. The van der Waals surface area contributed by atoms with E-state index in [2.05, 4.69) is 29.2 Å². The third-order valence-electron chi connectivity index (χ3n) is 8.18. The number of amides is 1. The Morgan fingerprint density at radius 2 is 1.38 bits per heavy atom. The fraction of sp³-hybridized carbons (Fsp3) is 0.162. The van der Waals surface area contributed by atoms with Crippen molar-refractivity contribution in [3.8, 4) is 11.8 Å². The zero-order chi connectivity index (χ0) is 33.8. The third kappa shape index (κ3) is 6.86. The molecule has 1 saturated heterocycles. The molecule has 0 radical (unpaired) electrons. The topological polar surface area (TPSA) is 69.3 Å². The highest BCUT2D eigenvalue weighted by molar-refractivity contribution is 7.07. The first-order valence-corrected chi connectivity index (χ1v) is 15.9. The average Bonchev–Trinajstić information content (AvgIpc) is 3.41. The number of carbonyl (C=O) groups is 1. The van der Waals surface area contributed by atoms with Crippen molar-refractivity contribution < 1.29 is 22.4 Å². The molecule has 11 heteroatoms. The molecule has 6 nitrogen and oxygen atoms in total. The van der Waals surface area contributed by atoms with Crippen molar-refractivity contribution in [2.45, 2.75) is 12.2 Å². The van der Waals surface area contributed by atoms with E-state index in [0.29, 0.717) is 31.7 Å². The van der Waals surface area contributed by atoms with Gasteiger partial charge in [0.2, 0.25) is 0 Å². The van der Waals surface area contributed by atoms with Crippen molar-refractivity contribution in [2.24, 2.45) is 0 Å². The van der Waals surface area contributed by atoms with Gasteiger partial charge in [0.15, 0.2) is 5.57 Å². The quantitative estimate of drug-likeness (QED) is 0.225. The third-order valence-corrected chi connectivity index (χ3v) is 9.27. The van der Waals surface area contributed by atoms with Crippen LogP contribution in [-0.2, 0) is 11.0 Å². The van der Waals surface area contributed by atoms with Gasteiger partial charge in [0.05, 0.1) is 21.8 Å². The molecule has 1 aliphatic heterocycles. The number of thiazole rings is 1. The Bertz CT molecular complexity index is 2090. The second kappa shape index (κ2) is 13.8. The number of piperazine rings is 1. The van der Waals surface area contributed by atoms with E-state index in [-0.39, 0.29) is 26.5 Å². The molecule has 1 fully saturated rings. The van der Waals surface area contributed by atoms with Crippen LogP contribution in [0.15, 0.2) is 114 Å². The van der Waals surface area contributed by atoms with Gasteiger partial charge in [-0.05, 0) is 59.2 Å². The van der Waals surface area contributed by atoms with Crippen LogP contribution >= 0.6 is 11.3 Å². The first-order valence-electron chi connectivity index (χ1n) is 15.1. The van der Waals surface area contributed by atoms with Crippen LogP contribution < -0.4 is 14.8 Å². The molecule has 6 rings (SSSR count). The lowest BCUT2D eigenvalue weighted by Gasteiger charge is -2.39. The number of alkyl halides is 3. The van der Waals surface area contributed by atoms with Crippen molar-refractivity contribution in [2.75, 3.05) is 26.2 Å². The van der Waals surface area contributed by atoms with Crippen LogP contribution in [0.3, 0.4) is 0 Å². The number of carbonyl (C=O) groups excluding carboxylic acids is 1. The molecule has 0 aliphatic carbocycles. The highest BCUT2D eigenvalue weighted by Gasteiger charge is 2.31. The molecule has 0 saturated carbocycles. The second-order valence-corrected chi connectivity index (χ2v) is 12.2. The minimum atomic E-state index is -4.52. The maximum absolute atomic E-state index is 14.0. The average molecular weight is 669 g/mol. The largest absolute Gasteiger partial charge is 0.416 e. The summed E-state index contributed by atoms with van der Waals surface area (Å²) >= 11 is 0.876. The van der Waals surface area contributed by atoms with E-state index in [4.69, 9.17) is 0 Å². The normalized spacial score (nSPS) is 15.0. The highest BCUT2D eigenvalue weighted by atomic mass is 32.1. The number of hydrogen-bond donors (Lipinski definition) is 0. The van der Waals surface area contributed by atoms with Crippen molar-refractivity contribution in [1.82, 2.24) is 14.4 Å². The van der Waals surface area contributed by atoms with E-state index in [9.17, 15) is 32.4 Å². The zero-order valence-corrected chi connectivity index (χ0v) is 26.2. The molecule has 48 heavy (non-hydrogen) atoms. The fourth-order valence-corrected chi connectivity index (χ4v) is 6.90. The molecule has 0 atom stereocenters. The molecule has 0 N–H and O–H groups in total. The summed E-state index contributed by atoms with van der Waals surface area (Å²) in [6, 6.07) is 31.5. The van der Waals surface area contributed by atoms with E-state index < -0.39 is 29.0 Å². The molecule has 0 bridgehead atoms. The van der Waals surface area contributed by atoms with Gasteiger partial charge in [-0.1, -0.05) is 72.8 Å². The van der Waals surface area contributed by atoms with Gasteiger partial charge < -0.3 is 4.90 Å². The van der Waals surface area contributed by atoms with Gasteiger partial charge in [-0.15, -0.1) is 11.3 Å². The molecule has 1 amide bonds. The van der Waals surface area contributed by atoms with Crippen LogP contribution in [0.1, 0.15) is 28.3 Å². The maximum atomic E-state index is 14.0. The monoisotopic (exact) mass is 668 g/mol. The van der Waals surface area contributed by atoms with E-state index >= 15 is 0 Å². The zero-order valence-electron chi connectivity index (χ0n) is 25.4. The summed E-state index contributed by atoms with van der Waals surface area (Å²) in [5, 5.41) is 10.3. The summed E-state index contributed by atoms with van der Waals surface area (Å²) in [7, 11) is 0. The molecule has 242 valence electrons. The molecule has 0 spiro atoms. The van der Waals surface area contributed by atoms with Crippen LogP contribution in [0.25, 0.3) is 17.3 Å². The van der Waals surface area contributed by atoms with Crippen molar-refractivity contribution in [3.63, 3.8) is 0 Å². The Balaban J connectivity index is 1.36. The second-order valence-electron chi connectivity index (χ2n) is 11.2. The number of benzene rings is 4. The Kier molecular flexibility index (Phi) is 9.39. The standard InChI is InChI=1S/C37H28F4N4O2S/c38-29-15-17-30(18-16-29)45-35(47)32(23-25-11-13-28(14-12-25)37(39,40)41)48-36(45)31(24-42)34(46)44-21-19-43(20-22-44)33(26-7-3-1-4-8-26)27-9-5-2-6-10-27/h1-18,23,33H,19-22H2. The smallest absolute Gasteiger partial charge is 0.335 e. The first-order chi connectivity index (χ1) is 23.1. The number of nitrogens with zero attached hydrogens (tertiary/aromatic N) is 4. The minimum absolute atomic E-state index is 0.0340. The highest BCUT2D eigenvalue weighted by Crippen LogP contribution is 2.30. The summed E-state index contributed by atoms with van der Waals surface area (Å²) in [6.45, 7) is 1.72. The summed E-state index contributed by atoms with van der Waals surface area (Å²) in [6.07, 6.45) is -3.11. The number of rotatable bonds is 6. The predicted molar refractivity (Wildman–Crippen MR) is 176 cm³/mol. The van der Waals surface area contributed by atoms with Crippen LogP contribution in [0.4, 0.5) is 17.6 Å². The molecule has 1 aliphatic rings. The van der Waals surface area contributed by atoms with Crippen molar-refractivity contribution in [3.05, 3.63) is 157 Å². The maximum Gasteiger partial charge on any atom is 0.416 e. The summed E-state index contributed by atoms with van der Waals surface area (Å²) in [5.74, 6) is -1.09. The van der Waals surface area contributed by atoms with E-state index in [0.717, 1.165) is 46.7 Å². The lowest BCUT2D eigenvalue weighted by molar-refractivity contribution is -0.137. The Hall–Kier alpha value is -5.31. The molecule has 1 aromatic heterocycles. The van der Waals surface area contributed by atoms with Crippen LogP contribution in [0.2, 0.25) is 0 Å². The van der Waals surface area contributed by atoms with Crippen molar-refractivity contribution >= 4 is 28.9 Å². The van der Waals surface area contributed by atoms with Gasteiger partial charge in [0.1, 0.15) is 16.5 Å². The first kappa shape index (κ1) is 32.6. The summed E-state index contributed by atoms with van der Waals surface area (Å²) in [4.78, 5) is 31.6. The van der Waals surface area contributed by atoms with Crippen LogP contribution in [-0.4, -0.2) is 46.5 Å². The molecular weight excluding hydrogens is 640 g/mol. The summed E-state index contributed by atoms with van der Waals surface area (Å²) in [5.41, 5.74) is 1.10. The number of aromatic nitrogens is 1. The van der Waals surface area contributed by atoms with Crippen LogP contribution in [0.5, 0.6) is 0 Å². The van der Waals surface area contributed by atoms with Crippen molar-refractivity contribution in [1.29, 1.82) is 5.26 Å². The van der Waals surface area contributed by atoms with Crippen LogP contribution in [0, 0.1) is 17.1 Å². The van der Waals surface area contributed by atoms with Gasteiger partial charge in [0.25, 0.3) is 11.5 Å². The van der Waals surface area contributed by atoms with Gasteiger partial charge in [-0.3, -0.25) is 19.1 Å². The Morgan fingerprint density at radius 1 is 0.812 bits per heavy atom. The molecule has 5 aromatic rings. The summed E-state index contributed by atoms with van der Waals surface area (Å²) < 4.78 is 54.4. The lowest BCUT2D eigenvalue weighted by atomic mass is 9.96. The fourth-order valence-electron chi connectivity index (χ4n) is 5.81. The van der Waals surface area contributed by atoms with E-state index in [1.165, 1.54) is 34.9 Å².